The van der Waals surface area contributed by atoms with Gasteiger partial charge in [0, 0.05) is 7.11 Å². The maximum atomic E-state index is 12.1. The maximum absolute atomic E-state index is 12.1. The lowest BCUT2D eigenvalue weighted by molar-refractivity contribution is -0.558. The highest BCUT2D eigenvalue weighted by molar-refractivity contribution is 5.17. The van der Waals surface area contributed by atoms with Crippen LogP contribution in [0.4, 0.5) is 0 Å². The summed E-state index contributed by atoms with van der Waals surface area (Å²) >= 11 is 0. The van der Waals surface area contributed by atoms with E-state index in [0.717, 1.165) is 0 Å². The molecule has 1 heterocycles. The first kappa shape index (κ1) is 27.3. The molecule has 1 aliphatic heterocycles. The van der Waals surface area contributed by atoms with Crippen LogP contribution in [0.5, 0.6) is 0 Å². The Kier molecular flexibility index (Phi) is 8.71. The third kappa shape index (κ3) is 5.46. The molecule has 0 radical (unpaired) electrons. The number of aliphatic hydroxyl groups excluding tert-OH is 1. The quantitative estimate of drug-likeness (QED) is 0.286. The van der Waals surface area contributed by atoms with Gasteiger partial charge in [0.05, 0.1) is 26.4 Å². The summed E-state index contributed by atoms with van der Waals surface area (Å²) in [6.07, 6.45) is -3.25. The van der Waals surface area contributed by atoms with E-state index in [4.69, 9.17) is 23.7 Å². The molecule has 0 spiro atoms. The van der Waals surface area contributed by atoms with Crippen LogP contribution in [0.25, 0.3) is 0 Å². The van der Waals surface area contributed by atoms with E-state index in [1.54, 1.807) is 72.8 Å². The molecule has 198 valence electrons. The summed E-state index contributed by atoms with van der Waals surface area (Å²) in [5.41, 5.74) is 1.95. The van der Waals surface area contributed by atoms with Gasteiger partial charge >= 0.3 is 0 Å². The fourth-order valence-corrected chi connectivity index (χ4v) is 4.21. The first-order chi connectivity index (χ1) is 17.9. The zero-order chi connectivity index (χ0) is 26.4. The van der Waals surface area contributed by atoms with Crippen molar-refractivity contribution in [1.82, 2.24) is 0 Å². The standard InChI is InChI=1S/C28H32O9/c1-33-25-27(31,35-19-22-13-7-3-8-14-22)28(32,36-20-23-15-9-4-10-16-23)26(30,24(17-29)37-25)34-18-21-11-5-2-6-12-21/h2-16,24-25,29-32H,17-20H2,1H3/t24-,25+,26-,27-,28-/m1/s1. The van der Waals surface area contributed by atoms with Crippen LogP contribution in [0.3, 0.4) is 0 Å². The molecule has 9 heteroatoms. The van der Waals surface area contributed by atoms with Gasteiger partial charge in [-0.1, -0.05) is 91.0 Å². The summed E-state index contributed by atoms with van der Waals surface area (Å²) in [6, 6.07) is 26.6. The van der Waals surface area contributed by atoms with E-state index in [1.807, 2.05) is 18.2 Å². The van der Waals surface area contributed by atoms with Gasteiger partial charge in [-0.05, 0) is 16.7 Å². The zero-order valence-corrected chi connectivity index (χ0v) is 20.5. The number of rotatable bonds is 11. The van der Waals surface area contributed by atoms with Crippen molar-refractivity contribution in [3.63, 3.8) is 0 Å². The minimum absolute atomic E-state index is 0.198. The predicted octanol–water partition coefficient (Wildman–Crippen LogP) is 2.07. The minimum atomic E-state index is -2.99. The molecular weight excluding hydrogens is 480 g/mol. The number of hydrogen-bond acceptors (Lipinski definition) is 9. The van der Waals surface area contributed by atoms with Crippen LogP contribution < -0.4 is 0 Å². The van der Waals surface area contributed by atoms with Crippen LogP contribution in [0.1, 0.15) is 16.7 Å². The van der Waals surface area contributed by atoms with Gasteiger partial charge in [0.25, 0.3) is 17.4 Å². The SMILES string of the molecule is CO[C@H]1O[C@H](CO)[C@@](O)(OCc2ccccc2)[C@@](O)(OCc2ccccc2)[C@]1(O)OCc1ccccc1. The zero-order valence-electron chi connectivity index (χ0n) is 20.5. The van der Waals surface area contributed by atoms with Crippen LogP contribution in [-0.2, 0) is 43.5 Å². The minimum Gasteiger partial charge on any atom is -0.393 e. The molecule has 5 atom stereocenters. The Morgan fingerprint density at radius 2 is 1.05 bits per heavy atom. The van der Waals surface area contributed by atoms with E-state index in [1.165, 1.54) is 7.11 Å². The van der Waals surface area contributed by atoms with Crippen molar-refractivity contribution < 1.29 is 44.1 Å². The number of ether oxygens (including phenoxy) is 5. The van der Waals surface area contributed by atoms with Crippen LogP contribution >= 0.6 is 0 Å². The van der Waals surface area contributed by atoms with E-state index in [9.17, 15) is 20.4 Å². The molecule has 3 aromatic carbocycles. The molecule has 3 aromatic rings. The Morgan fingerprint density at radius 3 is 1.46 bits per heavy atom. The van der Waals surface area contributed by atoms with Gasteiger partial charge in [-0.15, -0.1) is 0 Å². The summed E-state index contributed by atoms with van der Waals surface area (Å²) in [5, 5.41) is 45.9. The lowest BCUT2D eigenvalue weighted by Crippen LogP contribution is -2.82. The molecule has 37 heavy (non-hydrogen) atoms. The second kappa shape index (κ2) is 11.8. The van der Waals surface area contributed by atoms with Crippen molar-refractivity contribution in [3.8, 4) is 0 Å². The van der Waals surface area contributed by atoms with E-state index in [-0.39, 0.29) is 19.8 Å². The number of aliphatic hydroxyl groups is 4. The molecule has 1 saturated heterocycles. The van der Waals surface area contributed by atoms with Gasteiger partial charge in [0.1, 0.15) is 6.10 Å². The molecule has 0 bridgehead atoms. The van der Waals surface area contributed by atoms with Crippen LogP contribution in [0.15, 0.2) is 91.0 Å². The molecule has 0 unspecified atom stereocenters. The Bertz CT molecular complexity index is 1030. The second-order valence-corrected chi connectivity index (χ2v) is 8.73. The molecule has 0 amide bonds. The Morgan fingerprint density at radius 1 is 0.649 bits per heavy atom. The molecule has 4 rings (SSSR count). The molecule has 1 fully saturated rings. The second-order valence-electron chi connectivity index (χ2n) is 8.73. The third-order valence-corrected chi connectivity index (χ3v) is 6.29. The van der Waals surface area contributed by atoms with Crippen molar-refractivity contribution in [2.24, 2.45) is 0 Å². The Balaban J connectivity index is 1.74. The highest BCUT2D eigenvalue weighted by Crippen LogP contribution is 2.48. The van der Waals surface area contributed by atoms with Gasteiger partial charge in [0.15, 0.2) is 0 Å². The van der Waals surface area contributed by atoms with Gasteiger partial charge in [-0.2, -0.15) is 0 Å². The number of hydrogen-bond donors (Lipinski definition) is 4. The lowest BCUT2D eigenvalue weighted by Gasteiger charge is -2.57. The predicted molar refractivity (Wildman–Crippen MR) is 131 cm³/mol. The summed E-state index contributed by atoms with van der Waals surface area (Å²) in [5.74, 6) is -8.60. The van der Waals surface area contributed by atoms with Crippen molar-refractivity contribution in [2.45, 2.75) is 49.6 Å². The highest BCUT2D eigenvalue weighted by atomic mass is 16.8. The van der Waals surface area contributed by atoms with E-state index in [2.05, 4.69) is 0 Å². The molecule has 4 N–H and O–H groups in total. The van der Waals surface area contributed by atoms with E-state index < -0.39 is 36.4 Å². The van der Waals surface area contributed by atoms with Gasteiger partial charge in [-0.3, -0.25) is 0 Å². The monoisotopic (exact) mass is 512 g/mol. The summed E-state index contributed by atoms with van der Waals surface area (Å²) in [4.78, 5) is 0. The Labute approximate surface area is 215 Å². The van der Waals surface area contributed by atoms with Crippen LogP contribution in [0, 0.1) is 0 Å². The van der Waals surface area contributed by atoms with Crippen molar-refractivity contribution in [2.75, 3.05) is 13.7 Å². The Hall–Kier alpha value is -2.70. The van der Waals surface area contributed by atoms with Crippen LogP contribution in [0.2, 0.25) is 0 Å². The summed E-state index contributed by atoms with van der Waals surface area (Å²) in [7, 11) is 1.22. The van der Waals surface area contributed by atoms with Crippen molar-refractivity contribution >= 4 is 0 Å². The lowest BCUT2D eigenvalue weighted by atomic mass is 9.87. The first-order valence-corrected chi connectivity index (χ1v) is 11.9. The van der Waals surface area contributed by atoms with Crippen molar-refractivity contribution in [3.05, 3.63) is 108 Å². The molecule has 0 aromatic heterocycles. The van der Waals surface area contributed by atoms with Crippen LogP contribution in [-0.4, -0.2) is 63.9 Å². The maximum Gasteiger partial charge on any atom is 0.285 e. The smallest absolute Gasteiger partial charge is 0.285 e. The van der Waals surface area contributed by atoms with E-state index in [0.29, 0.717) is 16.7 Å². The summed E-state index contributed by atoms with van der Waals surface area (Å²) in [6.45, 7) is -1.45. The average molecular weight is 513 g/mol. The third-order valence-electron chi connectivity index (χ3n) is 6.29. The highest BCUT2D eigenvalue weighted by Gasteiger charge is 2.76. The summed E-state index contributed by atoms with van der Waals surface area (Å²) < 4.78 is 28.5. The first-order valence-electron chi connectivity index (χ1n) is 11.9. The molecule has 0 aliphatic carbocycles. The average Bonchev–Trinajstić information content (AvgIpc) is 2.95. The van der Waals surface area contributed by atoms with Gasteiger partial charge in [-0.25, -0.2) is 0 Å². The van der Waals surface area contributed by atoms with Gasteiger partial charge in [0.2, 0.25) is 6.29 Å². The topological polar surface area (TPSA) is 127 Å². The van der Waals surface area contributed by atoms with E-state index >= 15 is 0 Å². The van der Waals surface area contributed by atoms with Gasteiger partial charge < -0.3 is 44.1 Å². The number of methoxy groups -OCH3 is 1. The number of benzene rings is 3. The van der Waals surface area contributed by atoms with Crippen molar-refractivity contribution in [1.29, 1.82) is 0 Å². The molecule has 9 nitrogen and oxygen atoms in total. The fourth-order valence-electron chi connectivity index (χ4n) is 4.21. The largest absolute Gasteiger partial charge is 0.393 e. The fraction of sp³-hybridized carbons (Fsp3) is 0.357. The molecular formula is C28H32O9. The molecule has 1 aliphatic rings. The normalized spacial score (nSPS) is 29.8. The molecule has 0 saturated carbocycles.